The third-order valence-electron chi connectivity index (χ3n) is 11.4. The highest BCUT2D eigenvalue weighted by molar-refractivity contribution is 5.93. The van der Waals surface area contributed by atoms with Crippen LogP contribution >= 0.6 is 0 Å². The molecule has 0 amide bonds. The van der Waals surface area contributed by atoms with Gasteiger partial charge in [0.25, 0.3) is 11.4 Å². The third-order valence-corrected chi connectivity index (χ3v) is 11.4. The van der Waals surface area contributed by atoms with Crippen LogP contribution in [0.4, 0.5) is 11.4 Å². The molecule has 0 unspecified atom stereocenters. The molecule has 6 heteroatoms. The Balaban J connectivity index is 1.44. The number of non-ortho nitro benzene ring substituents is 2. The van der Waals surface area contributed by atoms with Crippen molar-refractivity contribution in [3.8, 4) is 71.0 Å². The summed E-state index contributed by atoms with van der Waals surface area (Å²) < 4.78 is 0. The van der Waals surface area contributed by atoms with Gasteiger partial charge in [-0.2, -0.15) is 0 Å². The molecular formula is C68H38N2O4. The summed E-state index contributed by atoms with van der Waals surface area (Å²) in [6, 6.07) is 71.6. The van der Waals surface area contributed by atoms with Crippen molar-refractivity contribution in [2.75, 3.05) is 0 Å². The van der Waals surface area contributed by atoms with Gasteiger partial charge in [0.05, 0.1) is 37.7 Å². The first-order chi connectivity index (χ1) is 36.4. The highest BCUT2D eigenvalue weighted by atomic mass is 16.6. The fraction of sp³-hybridized carbons (Fsp3) is 0. The quantitative estimate of drug-likeness (QED) is 0.0863. The molecule has 0 spiro atoms. The molecule has 0 atom stereocenters. The van der Waals surface area contributed by atoms with Gasteiger partial charge in [-0.3, -0.25) is 20.2 Å². The third kappa shape index (κ3) is 12.0. The normalized spacial score (nSPS) is 11.1. The van der Waals surface area contributed by atoms with E-state index in [0.717, 1.165) is 50.1 Å². The summed E-state index contributed by atoms with van der Waals surface area (Å²) in [5.74, 6) is 40.6. The van der Waals surface area contributed by atoms with Crippen molar-refractivity contribution in [3.05, 3.63) is 323 Å². The number of benzene rings is 8. The van der Waals surface area contributed by atoms with Gasteiger partial charge in [-0.05, 0) is 69.5 Å². The van der Waals surface area contributed by atoms with Crippen LogP contribution in [-0.4, -0.2) is 9.85 Å². The van der Waals surface area contributed by atoms with Gasteiger partial charge in [-0.25, -0.2) is 0 Å². The van der Waals surface area contributed by atoms with Crippen molar-refractivity contribution < 1.29 is 9.85 Å². The van der Waals surface area contributed by atoms with Gasteiger partial charge >= 0.3 is 0 Å². The lowest BCUT2D eigenvalue weighted by atomic mass is 9.90. The van der Waals surface area contributed by atoms with Gasteiger partial charge in [0.15, 0.2) is 0 Å². The predicted octanol–water partition coefficient (Wildman–Crippen LogP) is 13.7. The Morgan fingerprint density at radius 3 is 0.730 bits per heavy atom. The monoisotopic (exact) mass is 946 g/mol. The topological polar surface area (TPSA) is 86.3 Å². The maximum atomic E-state index is 11.6. The molecule has 0 heterocycles. The fourth-order valence-corrected chi connectivity index (χ4v) is 7.88. The van der Waals surface area contributed by atoms with E-state index in [2.05, 4.69) is 95.3 Å². The molecule has 344 valence electrons. The molecule has 0 saturated heterocycles. The number of allylic oxidation sites excluding steroid dienone is 5. The minimum atomic E-state index is -0.473. The summed E-state index contributed by atoms with van der Waals surface area (Å²) in [6.07, 6.45) is 0. The van der Waals surface area contributed by atoms with Crippen LogP contribution in [-0.2, 0) is 0 Å². The Bertz CT molecular complexity index is 3610. The van der Waals surface area contributed by atoms with Gasteiger partial charge in [0.1, 0.15) is 0 Å². The Morgan fingerprint density at radius 2 is 0.514 bits per heavy atom. The van der Waals surface area contributed by atoms with Crippen LogP contribution in [0.5, 0.6) is 0 Å². The number of nitro groups is 2. The average Bonchev–Trinajstić information content (AvgIpc) is 3.45. The Kier molecular flexibility index (Phi) is 15.2. The molecule has 0 saturated carbocycles. The molecule has 6 nitrogen and oxygen atoms in total. The molecule has 0 fully saturated rings. The fourth-order valence-electron chi connectivity index (χ4n) is 7.88. The summed E-state index contributed by atoms with van der Waals surface area (Å²) in [4.78, 5) is 22.2. The van der Waals surface area contributed by atoms with Gasteiger partial charge < -0.3 is 0 Å². The van der Waals surface area contributed by atoms with Crippen LogP contribution in [0.1, 0.15) is 44.5 Å². The first-order valence-corrected chi connectivity index (χ1v) is 23.3. The second-order valence-electron chi connectivity index (χ2n) is 16.3. The number of nitro benzene ring substituents is 2. The van der Waals surface area contributed by atoms with Crippen LogP contribution in [0.3, 0.4) is 0 Å². The second kappa shape index (κ2) is 23.5. The SMILES string of the molecule is O=[N+]([O-])c1ccc(C#CC(C#Cc2ccc([N+](=O)[O-])cc2)=C2C#CC(=C(c3ccccc3)c3ccccc3)C#CC(=C(c3ccccc3)c3ccccc3)C#CC(=C(c3ccccc3)c3ccccc3)C#C2)cc1. The molecular weight excluding hydrogens is 909 g/mol. The predicted molar refractivity (Wildman–Crippen MR) is 295 cm³/mol. The molecule has 1 aliphatic carbocycles. The number of rotatable bonds is 8. The summed E-state index contributed by atoms with van der Waals surface area (Å²) in [7, 11) is 0. The van der Waals surface area contributed by atoms with Gasteiger partial charge in [0.2, 0.25) is 0 Å². The Labute approximate surface area is 430 Å². The lowest BCUT2D eigenvalue weighted by Gasteiger charge is -2.12. The summed E-state index contributed by atoms with van der Waals surface area (Å²) >= 11 is 0. The zero-order valence-electron chi connectivity index (χ0n) is 39.5. The highest BCUT2D eigenvalue weighted by Crippen LogP contribution is 2.31. The molecule has 0 bridgehead atoms. The largest absolute Gasteiger partial charge is 0.269 e. The van der Waals surface area contributed by atoms with Crippen LogP contribution in [0.15, 0.2) is 258 Å². The van der Waals surface area contributed by atoms with E-state index < -0.39 is 9.85 Å². The van der Waals surface area contributed by atoms with Crippen molar-refractivity contribution in [1.82, 2.24) is 0 Å². The van der Waals surface area contributed by atoms with Crippen LogP contribution in [0.25, 0.3) is 16.7 Å². The Hall–Kier alpha value is -11.1. The number of hydrogen-bond acceptors (Lipinski definition) is 4. The molecule has 0 radical (unpaired) electrons. The maximum Gasteiger partial charge on any atom is 0.269 e. The van der Waals surface area contributed by atoms with E-state index >= 15 is 0 Å². The summed E-state index contributed by atoms with van der Waals surface area (Å²) in [5, 5.41) is 23.1. The zero-order chi connectivity index (χ0) is 50.9. The molecule has 0 N–H and O–H groups in total. The van der Waals surface area contributed by atoms with Crippen molar-refractivity contribution >= 4 is 28.1 Å². The van der Waals surface area contributed by atoms with Gasteiger partial charge in [0, 0.05) is 52.1 Å². The smallest absolute Gasteiger partial charge is 0.258 e. The minimum absolute atomic E-state index is 0.0816. The first kappa shape index (κ1) is 47.9. The summed E-state index contributed by atoms with van der Waals surface area (Å²) in [6.45, 7) is 0. The van der Waals surface area contributed by atoms with Crippen molar-refractivity contribution in [1.29, 1.82) is 0 Å². The van der Waals surface area contributed by atoms with Crippen LogP contribution < -0.4 is 0 Å². The van der Waals surface area contributed by atoms with Crippen molar-refractivity contribution in [2.45, 2.75) is 0 Å². The van der Waals surface area contributed by atoms with Crippen LogP contribution in [0.2, 0.25) is 0 Å². The van der Waals surface area contributed by atoms with Gasteiger partial charge in [-0.1, -0.05) is 241 Å². The van der Waals surface area contributed by atoms with Crippen LogP contribution in [0, 0.1) is 91.3 Å². The first-order valence-electron chi connectivity index (χ1n) is 23.3. The van der Waals surface area contributed by atoms with E-state index in [9.17, 15) is 20.2 Å². The minimum Gasteiger partial charge on any atom is -0.258 e. The highest BCUT2D eigenvalue weighted by Gasteiger charge is 2.15. The average molecular weight is 947 g/mol. The van der Waals surface area contributed by atoms with E-state index in [-0.39, 0.29) is 22.5 Å². The zero-order valence-corrected chi connectivity index (χ0v) is 39.5. The standard InChI is InChI=1S/C68H38N2O4/c71-69(72)64-47-33-51(34-48-64)31-37-53(38-32-52-35-49-65(50-36-52)70(73)74)54-39-41-61(66(55-19-7-1-8-20-55)56-21-9-2-10-22-56)43-45-63(68(59-27-15-5-16-28-59)60-29-17-6-18-30-60)46-44-62(42-40-54)67(57-23-11-3-12-24-57)58-25-13-4-14-26-58/h1-30,33-36,47-50H. The van der Waals surface area contributed by atoms with Gasteiger partial charge in [-0.15, -0.1) is 0 Å². The van der Waals surface area contributed by atoms with E-state index in [1.807, 2.05) is 158 Å². The Morgan fingerprint density at radius 1 is 0.297 bits per heavy atom. The molecule has 0 aliphatic heterocycles. The maximum absolute atomic E-state index is 11.6. The molecule has 74 heavy (non-hydrogen) atoms. The summed E-state index contributed by atoms with van der Waals surface area (Å²) in [5.41, 5.74) is 10.5. The van der Waals surface area contributed by atoms with Crippen molar-refractivity contribution in [2.24, 2.45) is 0 Å². The van der Waals surface area contributed by atoms with E-state index in [1.54, 1.807) is 24.3 Å². The lowest BCUT2D eigenvalue weighted by Crippen LogP contribution is -1.96. The molecule has 8 aromatic rings. The molecule has 8 aromatic carbocycles. The van der Waals surface area contributed by atoms with E-state index in [1.165, 1.54) is 24.3 Å². The number of hydrogen-bond donors (Lipinski definition) is 0. The molecule has 9 rings (SSSR count). The molecule has 1 aliphatic rings. The molecule has 0 aromatic heterocycles. The van der Waals surface area contributed by atoms with E-state index in [4.69, 9.17) is 0 Å². The second-order valence-corrected chi connectivity index (χ2v) is 16.3. The van der Waals surface area contributed by atoms with E-state index in [0.29, 0.717) is 27.8 Å². The van der Waals surface area contributed by atoms with Crippen molar-refractivity contribution in [3.63, 3.8) is 0 Å². The lowest BCUT2D eigenvalue weighted by molar-refractivity contribution is -0.385. The number of nitrogens with zero attached hydrogens (tertiary/aromatic N) is 2.